The summed E-state index contributed by atoms with van der Waals surface area (Å²) in [6.07, 6.45) is 1.75. The van der Waals surface area contributed by atoms with Crippen LogP contribution in [0.15, 0.2) is 79.0 Å². The number of urea groups is 1. The second-order valence-corrected chi connectivity index (χ2v) is 5.09. The minimum absolute atomic E-state index is 0.270. The summed E-state index contributed by atoms with van der Waals surface area (Å²) in [7, 11) is 0. The van der Waals surface area contributed by atoms with Gasteiger partial charge in [-0.2, -0.15) is 0 Å². The standard InChI is InChI=1S/C19H17N3O/c23-19(21-13-15-7-3-1-4-8-15)22-18-12-11-17(14-20-18)16-9-5-2-6-10-16/h1-12,14H,13H2,(H2,20,21,22,23). The van der Waals surface area contributed by atoms with E-state index in [2.05, 4.69) is 15.6 Å². The molecule has 2 N–H and O–H groups in total. The first kappa shape index (κ1) is 14.8. The van der Waals surface area contributed by atoms with E-state index in [9.17, 15) is 4.79 Å². The van der Waals surface area contributed by atoms with Gasteiger partial charge in [0.2, 0.25) is 0 Å². The lowest BCUT2D eigenvalue weighted by atomic mass is 10.1. The number of amides is 2. The van der Waals surface area contributed by atoms with Gasteiger partial charge in [-0.05, 0) is 23.3 Å². The van der Waals surface area contributed by atoms with Crippen molar-refractivity contribution >= 4 is 11.8 Å². The highest BCUT2D eigenvalue weighted by atomic mass is 16.2. The molecule has 3 rings (SSSR count). The van der Waals surface area contributed by atoms with E-state index in [0.29, 0.717) is 12.4 Å². The van der Waals surface area contributed by atoms with Crippen LogP contribution in [0.4, 0.5) is 10.6 Å². The van der Waals surface area contributed by atoms with E-state index in [0.717, 1.165) is 16.7 Å². The summed E-state index contributed by atoms with van der Waals surface area (Å²) in [5, 5.41) is 5.53. The van der Waals surface area contributed by atoms with Gasteiger partial charge >= 0.3 is 6.03 Å². The van der Waals surface area contributed by atoms with Crippen LogP contribution in [-0.2, 0) is 6.54 Å². The van der Waals surface area contributed by atoms with Gasteiger partial charge in [0.15, 0.2) is 0 Å². The Balaban J connectivity index is 1.57. The lowest BCUT2D eigenvalue weighted by molar-refractivity contribution is 0.251. The van der Waals surface area contributed by atoms with Crippen LogP contribution in [0, 0.1) is 0 Å². The fourth-order valence-corrected chi connectivity index (χ4v) is 2.21. The summed E-state index contributed by atoms with van der Waals surface area (Å²) < 4.78 is 0. The first-order valence-electron chi connectivity index (χ1n) is 7.41. The summed E-state index contributed by atoms with van der Waals surface area (Å²) in [6, 6.07) is 23.2. The van der Waals surface area contributed by atoms with E-state index in [1.165, 1.54) is 0 Å². The number of carbonyl (C=O) groups excluding carboxylic acids is 1. The lowest BCUT2D eigenvalue weighted by Crippen LogP contribution is -2.28. The molecule has 2 aromatic carbocycles. The van der Waals surface area contributed by atoms with E-state index < -0.39 is 0 Å². The quantitative estimate of drug-likeness (QED) is 0.763. The van der Waals surface area contributed by atoms with Crippen molar-refractivity contribution in [1.29, 1.82) is 0 Å². The number of hydrogen-bond donors (Lipinski definition) is 2. The number of rotatable bonds is 4. The summed E-state index contributed by atoms with van der Waals surface area (Å²) in [4.78, 5) is 16.2. The topological polar surface area (TPSA) is 54.0 Å². The molecule has 1 heterocycles. The Kier molecular flexibility index (Phi) is 4.64. The van der Waals surface area contributed by atoms with Crippen LogP contribution in [0.25, 0.3) is 11.1 Å². The monoisotopic (exact) mass is 303 g/mol. The normalized spacial score (nSPS) is 10.1. The second kappa shape index (κ2) is 7.22. The van der Waals surface area contributed by atoms with Gasteiger partial charge in [0.05, 0.1) is 0 Å². The summed E-state index contributed by atoms with van der Waals surface area (Å²) in [5.41, 5.74) is 3.16. The van der Waals surface area contributed by atoms with Gasteiger partial charge in [-0.15, -0.1) is 0 Å². The van der Waals surface area contributed by atoms with E-state index >= 15 is 0 Å². The van der Waals surface area contributed by atoms with Crippen LogP contribution in [0.1, 0.15) is 5.56 Å². The van der Waals surface area contributed by atoms with Crippen molar-refractivity contribution in [2.45, 2.75) is 6.54 Å². The molecule has 0 radical (unpaired) electrons. The van der Waals surface area contributed by atoms with Crippen molar-refractivity contribution < 1.29 is 4.79 Å². The third-order valence-electron chi connectivity index (χ3n) is 3.41. The van der Waals surface area contributed by atoms with Crippen molar-refractivity contribution in [3.63, 3.8) is 0 Å². The molecule has 0 unspecified atom stereocenters. The Morgan fingerprint density at radius 3 is 2.17 bits per heavy atom. The molecule has 1 aromatic heterocycles. The number of pyridine rings is 1. The molecule has 0 aliphatic carbocycles. The maximum absolute atomic E-state index is 11.9. The van der Waals surface area contributed by atoms with Gasteiger partial charge in [-0.25, -0.2) is 9.78 Å². The second-order valence-electron chi connectivity index (χ2n) is 5.09. The average molecular weight is 303 g/mol. The number of anilines is 1. The molecule has 0 aliphatic heterocycles. The molecule has 4 nitrogen and oxygen atoms in total. The molecule has 0 bridgehead atoms. The van der Waals surface area contributed by atoms with Crippen molar-refractivity contribution in [3.05, 3.63) is 84.6 Å². The van der Waals surface area contributed by atoms with Gasteiger partial charge < -0.3 is 5.32 Å². The smallest absolute Gasteiger partial charge is 0.320 e. The molecule has 114 valence electrons. The SMILES string of the molecule is O=C(NCc1ccccc1)Nc1ccc(-c2ccccc2)cn1. The van der Waals surface area contributed by atoms with E-state index in [1.807, 2.05) is 66.7 Å². The molecule has 3 aromatic rings. The first-order chi connectivity index (χ1) is 11.3. The zero-order chi connectivity index (χ0) is 15.9. The largest absolute Gasteiger partial charge is 0.334 e. The van der Waals surface area contributed by atoms with Gasteiger partial charge in [-0.1, -0.05) is 60.7 Å². The third-order valence-corrected chi connectivity index (χ3v) is 3.41. The van der Waals surface area contributed by atoms with Crippen LogP contribution in [0.5, 0.6) is 0 Å². The minimum atomic E-state index is -0.270. The molecule has 0 aliphatic rings. The summed E-state index contributed by atoms with van der Waals surface area (Å²) in [5.74, 6) is 0.523. The number of hydrogen-bond acceptors (Lipinski definition) is 2. The zero-order valence-corrected chi connectivity index (χ0v) is 12.6. The molecule has 23 heavy (non-hydrogen) atoms. The highest BCUT2D eigenvalue weighted by molar-refractivity contribution is 5.88. The number of nitrogens with one attached hydrogen (secondary N) is 2. The number of benzene rings is 2. The van der Waals surface area contributed by atoms with Crippen LogP contribution in [0.2, 0.25) is 0 Å². The molecule has 4 heteroatoms. The molecular formula is C19H17N3O. The lowest BCUT2D eigenvalue weighted by Gasteiger charge is -2.08. The van der Waals surface area contributed by atoms with E-state index in [1.54, 1.807) is 12.3 Å². The van der Waals surface area contributed by atoms with Gasteiger partial charge in [0.1, 0.15) is 5.82 Å². The van der Waals surface area contributed by atoms with Crippen LogP contribution in [-0.4, -0.2) is 11.0 Å². The number of aromatic nitrogens is 1. The van der Waals surface area contributed by atoms with Crippen LogP contribution in [0.3, 0.4) is 0 Å². The average Bonchev–Trinajstić information content (AvgIpc) is 2.62. The van der Waals surface area contributed by atoms with Crippen molar-refractivity contribution in [3.8, 4) is 11.1 Å². The summed E-state index contributed by atoms with van der Waals surface area (Å²) in [6.45, 7) is 0.481. The number of carbonyl (C=O) groups is 1. The van der Waals surface area contributed by atoms with Crippen molar-refractivity contribution in [1.82, 2.24) is 10.3 Å². The van der Waals surface area contributed by atoms with Crippen molar-refractivity contribution in [2.75, 3.05) is 5.32 Å². The zero-order valence-electron chi connectivity index (χ0n) is 12.6. The molecule has 0 saturated heterocycles. The highest BCUT2D eigenvalue weighted by Crippen LogP contribution is 2.18. The highest BCUT2D eigenvalue weighted by Gasteiger charge is 2.03. The van der Waals surface area contributed by atoms with Gasteiger partial charge in [0, 0.05) is 18.3 Å². The minimum Gasteiger partial charge on any atom is -0.334 e. The molecule has 0 saturated carbocycles. The molecular weight excluding hydrogens is 286 g/mol. The third kappa shape index (κ3) is 4.17. The molecule has 2 amide bonds. The maximum Gasteiger partial charge on any atom is 0.320 e. The Morgan fingerprint density at radius 1 is 0.826 bits per heavy atom. The first-order valence-corrected chi connectivity index (χ1v) is 7.41. The van der Waals surface area contributed by atoms with Crippen LogP contribution >= 0.6 is 0 Å². The van der Waals surface area contributed by atoms with Gasteiger partial charge in [0.25, 0.3) is 0 Å². The fraction of sp³-hybridized carbons (Fsp3) is 0.0526. The van der Waals surface area contributed by atoms with E-state index in [4.69, 9.17) is 0 Å². The predicted molar refractivity (Wildman–Crippen MR) is 92.0 cm³/mol. The predicted octanol–water partition coefficient (Wildman–Crippen LogP) is 4.07. The Labute approximate surface area is 135 Å². The fourth-order valence-electron chi connectivity index (χ4n) is 2.21. The maximum atomic E-state index is 11.9. The molecule has 0 spiro atoms. The van der Waals surface area contributed by atoms with E-state index in [-0.39, 0.29) is 6.03 Å². The number of nitrogens with zero attached hydrogens (tertiary/aromatic N) is 1. The van der Waals surface area contributed by atoms with Crippen molar-refractivity contribution in [2.24, 2.45) is 0 Å². The molecule has 0 atom stereocenters. The summed E-state index contributed by atoms with van der Waals surface area (Å²) >= 11 is 0. The van der Waals surface area contributed by atoms with Crippen LogP contribution < -0.4 is 10.6 Å². The molecule has 0 fully saturated rings. The van der Waals surface area contributed by atoms with Gasteiger partial charge in [-0.3, -0.25) is 5.32 Å². The Hall–Kier alpha value is -3.14. The Morgan fingerprint density at radius 2 is 1.52 bits per heavy atom. The Bertz CT molecular complexity index is 756.